The largest absolute Gasteiger partial charge is 0.443 e. The molecule has 0 amide bonds. The lowest BCUT2D eigenvalue weighted by molar-refractivity contribution is 0.109. The molecule has 0 unspecified atom stereocenters. The van der Waals surface area contributed by atoms with Crippen LogP contribution in [0.2, 0.25) is 0 Å². The van der Waals surface area contributed by atoms with E-state index in [1.807, 2.05) is 30.5 Å². The Kier molecular flexibility index (Phi) is 3.60. The fourth-order valence-electron chi connectivity index (χ4n) is 1.31. The highest BCUT2D eigenvalue weighted by Gasteiger charge is 1.87. The topological polar surface area (TPSA) is 56.0 Å². The summed E-state index contributed by atoms with van der Waals surface area (Å²) < 4.78 is 4.50. The Morgan fingerprint density at radius 2 is 1.82 bits per heavy atom. The SMILES string of the molecule is O=Cc1ncco1.c1ccc2ncccc2c1. The number of carbonyl (C=O) groups is 1. The molecule has 4 nitrogen and oxygen atoms in total. The molecule has 0 aliphatic rings. The summed E-state index contributed by atoms with van der Waals surface area (Å²) in [4.78, 5) is 17.4. The Balaban J connectivity index is 0.000000136. The molecular weight excluding hydrogens is 216 g/mol. The third-order valence-electron chi connectivity index (χ3n) is 2.06. The van der Waals surface area contributed by atoms with Gasteiger partial charge in [0.15, 0.2) is 0 Å². The van der Waals surface area contributed by atoms with Gasteiger partial charge in [-0.3, -0.25) is 9.78 Å². The minimum atomic E-state index is 0.125. The fourth-order valence-corrected chi connectivity index (χ4v) is 1.31. The summed E-state index contributed by atoms with van der Waals surface area (Å²) in [5.74, 6) is 0.125. The van der Waals surface area contributed by atoms with E-state index in [4.69, 9.17) is 0 Å². The summed E-state index contributed by atoms with van der Waals surface area (Å²) in [6.45, 7) is 0. The molecule has 0 radical (unpaired) electrons. The van der Waals surface area contributed by atoms with Crippen molar-refractivity contribution >= 4 is 17.2 Å². The number of hydrogen-bond donors (Lipinski definition) is 0. The minimum absolute atomic E-state index is 0.125. The van der Waals surface area contributed by atoms with Crippen molar-refractivity contribution in [3.63, 3.8) is 0 Å². The summed E-state index contributed by atoms with van der Waals surface area (Å²) in [7, 11) is 0. The first-order chi connectivity index (χ1) is 8.40. The van der Waals surface area contributed by atoms with E-state index in [-0.39, 0.29) is 5.89 Å². The molecule has 0 atom stereocenters. The zero-order valence-electron chi connectivity index (χ0n) is 8.98. The first kappa shape index (κ1) is 11.0. The van der Waals surface area contributed by atoms with Crippen LogP contribution in [0.4, 0.5) is 0 Å². The molecular formula is C13H10N2O2. The second kappa shape index (κ2) is 5.55. The van der Waals surface area contributed by atoms with Gasteiger partial charge in [0.2, 0.25) is 6.29 Å². The molecule has 2 aromatic heterocycles. The zero-order valence-corrected chi connectivity index (χ0v) is 8.98. The third kappa shape index (κ3) is 2.98. The summed E-state index contributed by atoms with van der Waals surface area (Å²) in [5, 5.41) is 1.20. The number of pyridine rings is 1. The van der Waals surface area contributed by atoms with Crippen molar-refractivity contribution in [1.82, 2.24) is 9.97 Å². The van der Waals surface area contributed by atoms with E-state index in [2.05, 4.69) is 26.5 Å². The maximum atomic E-state index is 9.71. The molecule has 4 heteroatoms. The summed E-state index contributed by atoms with van der Waals surface area (Å²) in [5.41, 5.74) is 1.06. The van der Waals surface area contributed by atoms with E-state index in [0.717, 1.165) is 5.52 Å². The first-order valence-corrected chi connectivity index (χ1v) is 5.04. The highest BCUT2D eigenvalue weighted by atomic mass is 16.3. The molecule has 3 rings (SSSR count). The Labute approximate surface area is 97.9 Å². The number of benzene rings is 1. The molecule has 84 valence electrons. The standard InChI is InChI=1S/C9H7N.C4H3NO2/c1-2-6-9-8(4-1)5-3-7-10-9;6-3-4-5-1-2-7-4/h1-7H;1-3H. The van der Waals surface area contributed by atoms with Gasteiger partial charge in [0.1, 0.15) is 6.26 Å². The van der Waals surface area contributed by atoms with E-state index < -0.39 is 0 Å². The van der Waals surface area contributed by atoms with Gasteiger partial charge < -0.3 is 4.42 Å². The molecule has 0 spiro atoms. The minimum Gasteiger partial charge on any atom is -0.443 e. The van der Waals surface area contributed by atoms with Crippen molar-refractivity contribution in [3.8, 4) is 0 Å². The van der Waals surface area contributed by atoms with Crippen molar-refractivity contribution in [1.29, 1.82) is 0 Å². The molecule has 0 bridgehead atoms. The number of aldehydes is 1. The van der Waals surface area contributed by atoms with Gasteiger partial charge >= 0.3 is 0 Å². The van der Waals surface area contributed by atoms with Gasteiger partial charge in [-0.2, -0.15) is 0 Å². The zero-order chi connectivity index (χ0) is 11.9. The van der Waals surface area contributed by atoms with E-state index in [0.29, 0.717) is 6.29 Å². The van der Waals surface area contributed by atoms with Crippen molar-refractivity contribution in [2.75, 3.05) is 0 Å². The lowest BCUT2D eigenvalue weighted by atomic mass is 10.2. The quantitative estimate of drug-likeness (QED) is 0.598. The van der Waals surface area contributed by atoms with Crippen LogP contribution in [0, 0.1) is 0 Å². The van der Waals surface area contributed by atoms with E-state index in [1.54, 1.807) is 0 Å². The first-order valence-electron chi connectivity index (χ1n) is 5.04. The third-order valence-corrected chi connectivity index (χ3v) is 2.06. The number of hydrogen-bond acceptors (Lipinski definition) is 4. The fraction of sp³-hybridized carbons (Fsp3) is 0. The molecule has 0 saturated heterocycles. The van der Waals surface area contributed by atoms with E-state index in [1.165, 1.54) is 17.8 Å². The van der Waals surface area contributed by atoms with Crippen LogP contribution in [0.15, 0.2) is 59.5 Å². The molecule has 3 aromatic rings. The molecule has 0 saturated carbocycles. The van der Waals surface area contributed by atoms with Crippen LogP contribution in [0.3, 0.4) is 0 Å². The smallest absolute Gasteiger partial charge is 0.259 e. The van der Waals surface area contributed by atoms with Crippen LogP contribution < -0.4 is 0 Å². The summed E-state index contributed by atoms with van der Waals surface area (Å²) in [6.07, 6.45) is 5.13. The van der Waals surface area contributed by atoms with Gasteiger partial charge in [-0.1, -0.05) is 24.3 Å². The number of aromatic nitrogens is 2. The van der Waals surface area contributed by atoms with Crippen molar-refractivity contribution < 1.29 is 9.21 Å². The molecule has 0 aliphatic heterocycles. The number of fused-ring (bicyclic) bond motifs is 1. The Morgan fingerprint density at radius 1 is 1.00 bits per heavy atom. The molecule has 0 fully saturated rings. The highest BCUT2D eigenvalue weighted by molar-refractivity contribution is 5.77. The van der Waals surface area contributed by atoms with Crippen molar-refractivity contribution in [2.45, 2.75) is 0 Å². The second-order valence-corrected chi connectivity index (χ2v) is 3.18. The van der Waals surface area contributed by atoms with Gasteiger partial charge in [0.05, 0.1) is 11.7 Å². The lowest BCUT2D eigenvalue weighted by Crippen LogP contribution is -1.73. The lowest BCUT2D eigenvalue weighted by Gasteiger charge is -1.91. The average molecular weight is 226 g/mol. The monoisotopic (exact) mass is 226 g/mol. The van der Waals surface area contributed by atoms with Crippen molar-refractivity contribution in [2.24, 2.45) is 0 Å². The van der Waals surface area contributed by atoms with Crippen LogP contribution in [0.25, 0.3) is 10.9 Å². The van der Waals surface area contributed by atoms with Crippen LogP contribution in [0.1, 0.15) is 10.7 Å². The van der Waals surface area contributed by atoms with Gasteiger partial charge in [-0.15, -0.1) is 0 Å². The summed E-state index contributed by atoms with van der Waals surface area (Å²) >= 11 is 0. The predicted octanol–water partition coefficient (Wildman–Crippen LogP) is 2.72. The highest BCUT2D eigenvalue weighted by Crippen LogP contribution is 2.07. The number of carbonyl (C=O) groups excluding carboxylic acids is 1. The Bertz CT molecular complexity index is 526. The molecule has 0 aliphatic carbocycles. The number of rotatable bonds is 1. The van der Waals surface area contributed by atoms with Crippen LogP contribution in [-0.4, -0.2) is 16.3 Å². The van der Waals surface area contributed by atoms with Gasteiger partial charge in [-0.25, -0.2) is 4.98 Å². The molecule has 2 heterocycles. The van der Waals surface area contributed by atoms with Gasteiger partial charge in [0.25, 0.3) is 5.89 Å². The number of para-hydroxylation sites is 1. The van der Waals surface area contributed by atoms with E-state index >= 15 is 0 Å². The maximum Gasteiger partial charge on any atom is 0.259 e. The molecule has 1 aromatic carbocycles. The normalized spacial score (nSPS) is 9.41. The van der Waals surface area contributed by atoms with Gasteiger partial charge in [0, 0.05) is 11.6 Å². The number of nitrogens with zero attached hydrogens (tertiary/aromatic N) is 2. The maximum absolute atomic E-state index is 9.71. The second-order valence-electron chi connectivity index (χ2n) is 3.18. The Hall–Kier alpha value is -2.49. The number of oxazole rings is 1. The summed E-state index contributed by atoms with van der Waals surface area (Å²) in [6, 6.07) is 12.1. The van der Waals surface area contributed by atoms with E-state index in [9.17, 15) is 4.79 Å². The van der Waals surface area contributed by atoms with Crippen LogP contribution in [0.5, 0.6) is 0 Å². The Morgan fingerprint density at radius 3 is 2.47 bits per heavy atom. The molecule has 0 N–H and O–H groups in total. The van der Waals surface area contributed by atoms with Crippen LogP contribution in [-0.2, 0) is 0 Å². The average Bonchev–Trinajstić information content (AvgIpc) is 2.93. The van der Waals surface area contributed by atoms with Gasteiger partial charge in [-0.05, 0) is 12.1 Å². The molecule has 17 heavy (non-hydrogen) atoms. The predicted molar refractivity (Wildman–Crippen MR) is 63.6 cm³/mol. The van der Waals surface area contributed by atoms with Crippen molar-refractivity contribution in [3.05, 3.63) is 60.9 Å². The van der Waals surface area contributed by atoms with Crippen LogP contribution >= 0.6 is 0 Å².